The van der Waals surface area contributed by atoms with Gasteiger partial charge >= 0.3 is 5.89 Å². The summed E-state index contributed by atoms with van der Waals surface area (Å²) in [6.45, 7) is 5.83. The lowest BCUT2D eigenvalue weighted by Gasteiger charge is -1.85. The van der Waals surface area contributed by atoms with E-state index in [4.69, 9.17) is 4.42 Å². The van der Waals surface area contributed by atoms with E-state index >= 15 is 0 Å². The molecule has 1 aromatic carbocycles. The van der Waals surface area contributed by atoms with E-state index in [1.54, 1.807) is 6.08 Å². The average Bonchev–Trinajstić information content (AvgIpc) is 2.80. The molecule has 0 aliphatic carbocycles. The molecule has 1 heterocycles. The van der Waals surface area contributed by atoms with Gasteiger partial charge in [-0.25, -0.2) is 0 Å². The fourth-order valence-corrected chi connectivity index (χ4v) is 1.91. The molecule has 0 saturated heterocycles. The molecule has 0 saturated carbocycles. The Balaban J connectivity index is 0.000000209. The van der Waals surface area contributed by atoms with E-state index < -0.39 is 0 Å². The Labute approximate surface area is 116 Å². The van der Waals surface area contributed by atoms with Gasteiger partial charge < -0.3 is 4.42 Å². The summed E-state index contributed by atoms with van der Waals surface area (Å²) < 4.78 is 6.67. The Morgan fingerprint density at radius 3 is 2.65 bits per heavy atom. The summed E-state index contributed by atoms with van der Waals surface area (Å²) in [6, 6.07) is 7.78. The summed E-state index contributed by atoms with van der Waals surface area (Å²) in [4.78, 5) is 3.06. The highest BCUT2D eigenvalue weighted by Crippen LogP contribution is 2.10. The minimum absolute atomic E-state index is 0.700. The van der Waals surface area contributed by atoms with E-state index in [2.05, 4.69) is 41.1 Å². The molecule has 0 unspecified atom stereocenters. The molecule has 2 nitrogen and oxygen atoms in total. The van der Waals surface area contributed by atoms with E-state index in [0.717, 1.165) is 11.1 Å². The number of halogens is 1. The van der Waals surface area contributed by atoms with Gasteiger partial charge in [0.1, 0.15) is 0 Å². The summed E-state index contributed by atoms with van der Waals surface area (Å²) in [5.41, 5.74) is 1.87. The number of rotatable bonds is 4. The molecule has 0 spiro atoms. The van der Waals surface area contributed by atoms with Gasteiger partial charge in [0, 0.05) is 12.1 Å². The van der Waals surface area contributed by atoms with Crippen molar-refractivity contribution in [2.75, 3.05) is 4.43 Å². The van der Waals surface area contributed by atoms with Crippen LogP contribution in [0.5, 0.6) is 0 Å². The topological polar surface area (TPSA) is 27.3 Å². The first-order chi connectivity index (χ1) is 8.31. The van der Waals surface area contributed by atoms with Crippen LogP contribution in [-0.4, -0.2) is 4.43 Å². The Morgan fingerprint density at radius 2 is 2.12 bits per heavy atom. The fourth-order valence-electron chi connectivity index (χ4n) is 1.37. The van der Waals surface area contributed by atoms with Crippen molar-refractivity contribution in [1.29, 1.82) is 0 Å². The molecule has 17 heavy (non-hydrogen) atoms. The number of unbranched alkanes of at least 4 members (excludes halogenated alkanes) is 2. The zero-order valence-electron chi connectivity index (χ0n) is 10.2. The number of nitrogens with one attached hydrogen (secondary N) is 1. The average molecular weight is 344 g/mol. The number of benzene rings is 1. The van der Waals surface area contributed by atoms with Gasteiger partial charge in [0.25, 0.3) is 0 Å². The highest BCUT2D eigenvalue weighted by Gasteiger charge is 2.06. The number of aromatic amines is 1. The van der Waals surface area contributed by atoms with Crippen molar-refractivity contribution in [3.05, 3.63) is 36.7 Å². The Bertz CT molecular complexity index is 413. The number of H-pyrrole nitrogens is 1. The first-order valence-corrected chi connectivity index (χ1v) is 7.43. The summed E-state index contributed by atoms with van der Waals surface area (Å²) in [7, 11) is 0. The van der Waals surface area contributed by atoms with Crippen molar-refractivity contribution < 1.29 is 9.40 Å². The van der Waals surface area contributed by atoms with Crippen LogP contribution < -0.4 is 4.98 Å². The molecule has 1 aromatic heterocycles. The van der Waals surface area contributed by atoms with Crippen LogP contribution in [0.2, 0.25) is 0 Å². The van der Waals surface area contributed by atoms with Crippen molar-refractivity contribution in [3.8, 4) is 0 Å². The highest BCUT2D eigenvalue weighted by atomic mass is 127. The zero-order valence-corrected chi connectivity index (χ0v) is 12.4. The number of alkyl halides is 1. The van der Waals surface area contributed by atoms with Crippen LogP contribution in [0, 0.1) is 0 Å². The maximum absolute atomic E-state index is 5.34. The van der Waals surface area contributed by atoms with Crippen molar-refractivity contribution >= 4 is 39.8 Å². The Morgan fingerprint density at radius 1 is 1.35 bits per heavy atom. The summed E-state index contributed by atoms with van der Waals surface area (Å²) in [5, 5.41) is 0. The third-order valence-electron chi connectivity index (χ3n) is 2.29. The number of hydrogen-bond donors (Lipinski definition) is 0. The van der Waals surface area contributed by atoms with Gasteiger partial charge in [-0.15, -0.1) is 0 Å². The minimum atomic E-state index is 0.700. The van der Waals surface area contributed by atoms with Crippen molar-refractivity contribution in [1.82, 2.24) is 0 Å². The maximum Gasteiger partial charge on any atom is 0.371 e. The van der Waals surface area contributed by atoms with E-state index in [1.807, 2.05) is 24.3 Å². The Hall–Kier alpha value is -0.840. The van der Waals surface area contributed by atoms with Crippen LogP contribution in [0.3, 0.4) is 0 Å². The van der Waals surface area contributed by atoms with Crippen molar-refractivity contribution in [2.45, 2.75) is 26.2 Å². The third kappa shape index (κ3) is 4.89. The summed E-state index contributed by atoms with van der Waals surface area (Å²) >= 11 is 2.41. The van der Waals surface area contributed by atoms with Crippen LogP contribution in [0.1, 0.15) is 32.1 Å². The normalized spacial score (nSPS) is 9.76. The molecule has 2 rings (SSSR count). The number of aromatic nitrogens is 1. The van der Waals surface area contributed by atoms with E-state index in [-0.39, 0.29) is 0 Å². The van der Waals surface area contributed by atoms with Gasteiger partial charge in [-0.05, 0) is 16.9 Å². The van der Waals surface area contributed by atoms with Crippen LogP contribution in [0.4, 0.5) is 0 Å². The van der Waals surface area contributed by atoms with Crippen LogP contribution in [-0.2, 0) is 0 Å². The lowest BCUT2D eigenvalue weighted by atomic mass is 10.3. The van der Waals surface area contributed by atoms with Gasteiger partial charge in [0.15, 0.2) is 0 Å². The molecule has 0 aliphatic heterocycles. The monoisotopic (exact) mass is 344 g/mol. The van der Waals surface area contributed by atoms with Crippen LogP contribution >= 0.6 is 22.6 Å². The Kier molecular flexibility index (Phi) is 6.93. The molecular formula is C14H19INO+. The molecule has 0 fully saturated rings. The maximum atomic E-state index is 5.34. The molecule has 0 amide bonds. The lowest BCUT2D eigenvalue weighted by molar-refractivity contribution is -0.357. The third-order valence-corrected chi connectivity index (χ3v) is 3.05. The van der Waals surface area contributed by atoms with Gasteiger partial charge in [0.2, 0.25) is 11.1 Å². The fraction of sp³-hybridized carbons (Fsp3) is 0.357. The number of para-hydroxylation sites is 2. The molecule has 1 N–H and O–H groups in total. The standard InChI is InChI=1S/C9H7NO.C5H11I/c1-2-9-10-7-5-3-4-6-8(7)11-9;1-2-3-4-5-6/h2-6H,1H2;2-5H2,1H3/p+1. The lowest BCUT2D eigenvalue weighted by Crippen LogP contribution is -1.99. The number of oxazole rings is 1. The van der Waals surface area contributed by atoms with E-state index in [0.29, 0.717) is 5.89 Å². The first kappa shape index (κ1) is 14.2. The molecule has 2 aromatic rings. The molecule has 0 atom stereocenters. The van der Waals surface area contributed by atoms with Gasteiger partial charge in [-0.2, -0.15) is 4.98 Å². The largest absolute Gasteiger partial charge is 0.398 e. The van der Waals surface area contributed by atoms with E-state index in [1.165, 1.54) is 23.7 Å². The molecule has 3 heteroatoms. The summed E-state index contributed by atoms with van der Waals surface area (Å²) in [6.07, 6.45) is 5.81. The zero-order chi connectivity index (χ0) is 12.5. The van der Waals surface area contributed by atoms with Gasteiger partial charge in [-0.3, -0.25) is 0 Å². The number of fused-ring (bicyclic) bond motifs is 1. The molecule has 92 valence electrons. The molecular weight excluding hydrogens is 325 g/mol. The predicted molar refractivity (Wildman–Crippen MR) is 81.3 cm³/mol. The molecule has 0 bridgehead atoms. The highest BCUT2D eigenvalue weighted by molar-refractivity contribution is 14.1. The van der Waals surface area contributed by atoms with Gasteiger partial charge in [-0.1, -0.05) is 61.1 Å². The SMILES string of the molecule is C=Cc1[nH+]c2ccccc2o1.CCCCCI. The van der Waals surface area contributed by atoms with Gasteiger partial charge in [0.05, 0.1) is 0 Å². The molecule has 0 radical (unpaired) electrons. The van der Waals surface area contributed by atoms with E-state index in [9.17, 15) is 0 Å². The quantitative estimate of drug-likeness (QED) is 0.456. The second-order valence-electron chi connectivity index (χ2n) is 3.69. The van der Waals surface area contributed by atoms with Crippen molar-refractivity contribution in [2.24, 2.45) is 0 Å². The number of hydrogen-bond acceptors (Lipinski definition) is 1. The molecule has 0 aliphatic rings. The van der Waals surface area contributed by atoms with Crippen molar-refractivity contribution in [3.63, 3.8) is 0 Å². The van der Waals surface area contributed by atoms with Crippen LogP contribution in [0.15, 0.2) is 35.3 Å². The first-order valence-electron chi connectivity index (χ1n) is 5.91. The smallest absolute Gasteiger partial charge is 0.371 e. The van der Waals surface area contributed by atoms with Crippen LogP contribution in [0.25, 0.3) is 17.2 Å². The predicted octanol–water partition coefficient (Wildman–Crippen LogP) is 4.50. The second-order valence-corrected chi connectivity index (χ2v) is 4.77. The second kappa shape index (κ2) is 8.28. The minimum Gasteiger partial charge on any atom is -0.398 e. The summed E-state index contributed by atoms with van der Waals surface area (Å²) in [5.74, 6) is 0.700.